The second kappa shape index (κ2) is 6.77. The predicted octanol–water partition coefficient (Wildman–Crippen LogP) is 6.69. The summed E-state index contributed by atoms with van der Waals surface area (Å²) >= 11 is 6.08. The lowest BCUT2D eigenvalue weighted by Gasteiger charge is -2.07. The van der Waals surface area contributed by atoms with Crippen LogP contribution >= 0.6 is 11.6 Å². The summed E-state index contributed by atoms with van der Waals surface area (Å²) in [6, 6.07) is 20.2. The van der Waals surface area contributed by atoms with Crippen LogP contribution in [0.1, 0.15) is 16.8 Å². The van der Waals surface area contributed by atoms with Gasteiger partial charge in [0.15, 0.2) is 0 Å². The first-order chi connectivity index (χ1) is 12.6. The van der Waals surface area contributed by atoms with Crippen LogP contribution in [0.15, 0.2) is 72.8 Å². The molecule has 0 aliphatic heterocycles. The minimum Gasteiger partial charge on any atom is -0.355 e. The maximum atomic E-state index is 13.4. The molecule has 0 aliphatic carbocycles. The number of aromatic amines is 1. The van der Waals surface area contributed by atoms with Crippen LogP contribution in [0.2, 0.25) is 5.02 Å². The molecule has 1 heterocycles. The van der Waals surface area contributed by atoms with Gasteiger partial charge >= 0.3 is 0 Å². The summed E-state index contributed by atoms with van der Waals surface area (Å²) in [5.74, 6) is -0.580. The molecule has 4 rings (SSSR count). The van der Waals surface area contributed by atoms with Gasteiger partial charge in [0.1, 0.15) is 11.6 Å². The Balaban J connectivity index is 1.88. The van der Waals surface area contributed by atoms with Crippen molar-refractivity contribution < 1.29 is 8.78 Å². The lowest BCUT2D eigenvalue weighted by Crippen LogP contribution is -1.89. The second-order valence-electron chi connectivity index (χ2n) is 6.03. The van der Waals surface area contributed by atoms with Gasteiger partial charge in [-0.1, -0.05) is 35.9 Å². The lowest BCUT2D eigenvalue weighted by atomic mass is 9.99. The van der Waals surface area contributed by atoms with Gasteiger partial charge in [-0.15, -0.1) is 0 Å². The van der Waals surface area contributed by atoms with Crippen LogP contribution in [0, 0.1) is 11.6 Å². The molecule has 128 valence electrons. The number of benzene rings is 3. The van der Waals surface area contributed by atoms with Crippen LogP contribution in [0.3, 0.4) is 0 Å². The van der Waals surface area contributed by atoms with Crippen molar-refractivity contribution in [3.8, 4) is 0 Å². The minimum atomic E-state index is -0.293. The molecule has 1 N–H and O–H groups in total. The summed E-state index contributed by atoms with van der Waals surface area (Å²) in [5, 5.41) is 1.65. The van der Waals surface area contributed by atoms with Crippen LogP contribution in [-0.2, 0) is 0 Å². The van der Waals surface area contributed by atoms with Crippen molar-refractivity contribution in [1.29, 1.82) is 0 Å². The molecule has 4 aromatic rings. The Kier molecular flexibility index (Phi) is 4.31. The number of hydrogen-bond acceptors (Lipinski definition) is 0. The summed E-state index contributed by atoms with van der Waals surface area (Å²) in [6.07, 6.45) is 1.94. The molecule has 3 aromatic carbocycles. The van der Waals surface area contributed by atoms with Crippen LogP contribution in [0.4, 0.5) is 8.78 Å². The average Bonchev–Trinajstić information content (AvgIpc) is 3.05. The quantitative estimate of drug-likeness (QED) is 0.389. The number of halogens is 3. The molecule has 0 atom stereocenters. The van der Waals surface area contributed by atoms with Gasteiger partial charge in [0.25, 0.3) is 0 Å². The van der Waals surface area contributed by atoms with Crippen molar-refractivity contribution in [3.63, 3.8) is 0 Å². The smallest absolute Gasteiger partial charge is 0.123 e. The van der Waals surface area contributed by atoms with Crippen molar-refractivity contribution in [2.45, 2.75) is 0 Å². The number of H-pyrrole nitrogens is 1. The van der Waals surface area contributed by atoms with Crippen LogP contribution < -0.4 is 0 Å². The molecule has 0 fully saturated rings. The SMILES string of the molecule is Fc1ccc(/C=C(\c2ccc(F)cc2)c2cc3cc(Cl)ccc3[nH]2)cc1. The fourth-order valence-corrected chi connectivity index (χ4v) is 3.10. The van der Waals surface area contributed by atoms with E-state index in [1.807, 2.05) is 30.3 Å². The first-order valence-electron chi connectivity index (χ1n) is 8.10. The molecule has 0 unspecified atom stereocenters. The van der Waals surface area contributed by atoms with Gasteiger partial charge in [-0.05, 0) is 65.7 Å². The highest BCUT2D eigenvalue weighted by molar-refractivity contribution is 6.31. The van der Waals surface area contributed by atoms with Gasteiger partial charge in [-0.25, -0.2) is 8.78 Å². The van der Waals surface area contributed by atoms with Gasteiger partial charge in [0.05, 0.1) is 0 Å². The van der Waals surface area contributed by atoms with Crippen molar-refractivity contribution in [3.05, 3.63) is 106 Å². The third-order valence-corrected chi connectivity index (χ3v) is 4.44. The number of nitrogens with one attached hydrogen (secondary N) is 1. The summed E-state index contributed by atoms with van der Waals surface area (Å²) in [7, 11) is 0. The van der Waals surface area contributed by atoms with Gasteiger partial charge in [-0.2, -0.15) is 0 Å². The predicted molar refractivity (Wildman–Crippen MR) is 103 cm³/mol. The normalized spacial score (nSPS) is 11.9. The highest BCUT2D eigenvalue weighted by Gasteiger charge is 2.10. The highest BCUT2D eigenvalue weighted by Crippen LogP contribution is 2.29. The van der Waals surface area contributed by atoms with Gasteiger partial charge in [-0.3, -0.25) is 0 Å². The second-order valence-corrected chi connectivity index (χ2v) is 6.47. The van der Waals surface area contributed by atoms with E-state index in [4.69, 9.17) is 11.6 Å². The van der Waals surface area contributed by atoms with E-state index in [1.165, 1.54) is 24.3 Å². The van der Waals surface area contributed by atoms with E-state index in [0.717, 1.165) is 33.3 Å². The Hall–Kier alpha value is -2.91. The molecule has 0 saturated carbocycles. The Morgan fingerprint density at radius 2 is 1.46 bits per heavy atom. The maximum Gasteiger partial charge on any atom is 0.123 e. The van der Waals surface area contributed by atoms with E-state index >= 15 is 0 Å². The summed E-state index contributed by atoms with van der Waals surface area (Å²) < 4.78 is 26.6. The lowest BCUT2D eigenvalue weighted by molar-refractivity contribution is 0.627. The molecule has 0 saturated heterocycles. The molecule has 26 heavy (non-hydrogen) atoms. The number of hydrogen-bond donors (Lipinski definition) is 1. The summed E-state index contributed by atoms with van der Waals surface area (Å²) in [4.78, 5) is 3.37. The standard InChI is InChI=1S/C22H14ClF2N/c23-17-5-10-21-16(12-17)13-22(26-21)20(15-3-8-19(25)9-4-15)11-14-1-6-18(24)7-2-14/h1-13,26H/b20-11+. The first kappa shape index (κ1) is 16.6. The van der Waals surface area contributed by atoms with E-state index < -0.39 is 0 Å². The number of aromatic nitrogens is 1. The summed E-state index contributed by atoms with van der Waals surface area (Å²) in [6.45, 7) is 0. The molecule has 1 aromatic heterocycles. The molecule has 0 amide bonds. The van der Waals surface area contributed by atoms with E-state index in [0.29, 0.717) is 5.02 Å². The van der Waals surface area contributed by atoms with E-state index in [2.05, 4.69) is 4.98 Å². The topological polar surface area (TPSA) is 15.8 Å². The van der Waals surface area contributed by atoms with E-state index in [9.17, 15) is 8.78 Å². The largest absolute Gasteiger partial charge is 0.355 e. The minimum absolute atomic E-state index is 0.286. The Bertz CT molecular complexity index is 1090. The molecular weight excluding hydrogens is 352 g/mol. The number of fused-ring (bicyclic) bond motifs is 1. The fourth-order valence-electron chi connectivity index (χ4n) is 2.92. The molecule has 4 heteroatoms. The van der Waals surface area contributed by atoms with Crippen molar-refractivity contribution in [2.75, 3.05) is 0 Å². The van der Waals surface area contributed by atoms with Gasteiger partial charge in [0.2, 0.25) is 0 Å². The van der Waals surface area contributed by atoms with Crippen molar-refractivity contribution in [2.24, 2.45) is 0 Å². The zero-order valence-corrected chi connectivity index (χ0v) is 14.4. The van der Waals surface area contributed by atoms with Crippen molar-refractivity contribution >= 4 is 34.2 Å². The number of rotatable bonds is 3. The first-order valence-corrected chi connectivity index (χ1v) is 8.48. The third kappa shape index (κ3) is 3.39. The van der Waals surface area contributed by atoms with Crippen LogP contribution in [0.5, 0.6) is 0 Å². The molecule has 0 radical (unpaired) electrons. The Morgan fingerprint density at radius 3 is 2.15 bits per heavy atom. The zero-order valence-electron chi connectivity index (χ0n) is 13.6. The van der Waals surface area contributed by atoms with Gasteiger partial charge < -0.3 is 4.98 Å². The molecule has 0 aliphatic rings. The average molecular weight is 366 g/mol. The van der Waals surface area contributed by atoms with E-state index in [1.54, 1.807) is 24.3 Å². The van der Waals surface area contributed by atoms with Gasteiger partial charge in [0, 0.05) is 27.2 Å². The Morgan fingerprint density at radius 1 is 0.808 bits per heavy atom. The Labute approximate surface area is 154 Å². The molecule has 0 bridgehead atoms. The van der Waals surface area contributed by atoms with E-state index in [-0.39, 0.29) is 11.6 Å². The third-order valence-electron chi connectivity index (χ3n) is 4.21. The highest BCUT2D eigenvalue weighted by atomic mass is 35.5. The maximum absolute atomic E-state index is 13.4. The molecule has 1 nitrogen and oxygen atoms in total. The fraction of sp³-hybridized carbons (Fsp3) is 0. The zero-order chi connectivity index (χ0) is 18.1. The van der Waals surface area contributed by atoms with Crippen LogP contribution in [-0.4, -0.2) is 4.98 Å². The molecule has 0 spiro atoms. The van der Waals surface area contributed by atoms with Crippen LogP contribution in [0.25, 0.3) is 22.6 Å². The monoisotopic (exact) mass is 365 g/mol. The summed E-state index contributed by atoms with van der Waals surface area (Å²) in [5.41, 5.74) is 4.41. The molecular formula is C22H14ClF2N. The van der Waals surface area contributed by atoms with Crippen molar-refractivity contribution in [1.82, 2.24) is 4.98 Å².